The highest BCUT2D eigenvalue weighted by molar-refractivity contribution is 5.19. The average Bonchev–Trinajstić information content (AvgIpc) is 3.24. The van der Waals surface area contributed by atoms with E-state index < -0.39 is 5.82 Å². The summed E-state index contributed by atoms with van der Waals surface area (Å²) in [5.74, 6) is -0.304. The fourth-order valence-electron chi connectivity index (χ4n) is 4.01. The molecule has 128 valence electrons. The van der Waals surface area contributed by atoms with Crippen LogP contribution in [-0.4, -0.2) is 38.1 Å². The van der Waals surface area contributed by atoms with Crippen molar-refractivity contribution in [2.75, 3.05) is 6.61 Å². The van der Waals surface area contributed by atoms with E-state index in [2.05, 4.69) is 19.4 Å². The molecule has 0 amide bonds. The van der Waals surface area contributed by atoms with Gasteiger partial charge in [0, 0.05) is 37.9 Å². The molecule has 1 aliphatic carbocycles. The standard InChI is InChI=1S/C18H23FN4O/c1-22-12-21-16-10-23(13-5-2-3-6-13)14(9-17(16)22)11-24-18-15(19)7-4-8-20-18/h4,7-8,12-14H,2-3,5-6,9-11H2,1H3/t14-/m1/s1. The number of halogens is 1. The zero-order chi connectivity index (χ0) is 16.5. The maximum absolute atomic E-state index is 13.8. The van der Waals surface area contributed by atoms with Gasteiger partial charge in [0.15, 0.2) is 5.82 Å². The predicted octanol–water partition coefficient (Wildman–Crippen LogP) is 2.70. The first kappa shape index (κ1) is 15.6. The van der Waals surface area contributed by atoms with Crippen molar-refractivity contribution in [3.05, 3.63) is 41.9 Å². The van der Waals surface area contributed by atoms with E-state index in [-0.39, 0.29) is 11.9 Å². The van der Waals surface area contributed by atoms with E-state index >= 15 is 0 Å². The van der Waals surface area contributed by atoms with Gasteiger partial charge < -0.3 is 9.30 Å². The Morgan fingerprint density at radius 1 is 1.29 bits per heavy atom. The molecule has 0 radical (unpaired) electrons. The maximum atomic E-state index is 13.8. The normalized spacial score (nSPS) is 21.8. The summed E-state index contributed by atoms with van der Waals surface area (Å²) >= 11 is 0. The van der Waals surface area contributed by atoms with E-state index in [0.717, 1.165) is 13.0 Å². The molecule has 1 fully saturated rings. The van der Waals surface area contributed by atoms with Gasteiger partial charge in [0.05, 0.1) is 18.1 Å². The monoisotopic (exact) mass is 330 g/mol. The van der Waals surface area contributed by atoms with Crippen molar-refractivity contribution in [1.29, 1.82) is 0 Å². The number of nitrogens with zero attached hydrogens (tertiary/aromatic N) is 4. The van der Waals surface area contributed by atoms with Gasteiger partial charge in [-0.05, 0) is 25.0 Å². The van der Waals surface area contributed by atoms with Crippen molar-refractivity contribution in [2.24, 2.45) is 7.05 Å². The molecule has 1 atom stereocenters. The molecule has 0 spiro atoms. The minimum Gasteiger partial charge on any atom is -0.474 e. The smallest absolute Gasteiger partial charge is 0.250 e. The zero-order valence-corrected chi connectivity index (χ0v) is 14.0. The van der Waals surface area contributed by atoms with E-state index in [9.17, 15) is 4.39 Å². The lowest BCUT2D eigenvalue weighted by Gasteiger charge is -2.39. The summed E-state index contributed by atoms with van der Waals surface area (Å²) in [6.45, 7) is 1.31. The predicted molar refractivity (Wildman–Crippen MR) is 88.2 cm³/mol. The third kappa shape index (κ3) is 2.90. The Bertz CT molecular complexity index is 711. The van der Waals surface area contributed by atoms with E-state index in [1.54, 1.807) is 12.3 Å². The minimum absolute atomic E-state index is 0.0969. The zero-order valence-electron chi connectivity index (χ0n) is 14.0. The minimum atomic E-state index is -0.401. The van der Waals surface area contributed by atoms with Crippen LogP contribution in [0.4, 0.5) is 4.39 Å². The molecule has 2 aromatic heterocycles. The second-order valence-corrected chi connectivity index (χ2v) is 6.82. The summed E-state index contributed by atoms with van der Waals surface area (Å²) in [6, 6.07) is 3.78. The number of ether oxygens (including phenoxy) is 1. The molecule has 0 N–H and O–H groups in total. The molecule has 1 saturated carbocycles. The number of aryl methyl sites for hydroxylation is 1. The van der Waals surface area contributed by atoms with Gasteiger partial charge in [0.1, 0.15) is 6.61 Å². The van der Waals surface area contributed by atoms with E-state index in [0.29, 0.717) is 12.6 Å². The number of hydrogen-bond donors (Lipinski definition) is 0. The lowest BCUT2D eigenvalue weighted by Crippen LogP contribution is -2.49. The Hall–Kier alpha value is -1.95. The fourth-order valence-corrected chi connectivity index (χ4v) is 4.01. The topological polar surface area (TPSA) is 43.2 Å². The summed E-state index contributed by atoms with van der Waals surface area (Å²) in [7, 11) is 2.04. The van der Waals surface area contributed by atoms with Crippen LogP contribution in [0.3, 0.4) is 0 Å². The Labute approximate surface area is 141 Å². The molecule has 0 saturated heterocycles. The summed E-state index contributed by atoms with van der Waals surface area (Å²) < 4.78 is 21.6. The van der Waals surface area contributed by atoms with Crippen molar-refractivity contribution in [1.82, 2.24) is 19.4 Å². The van der Waals surface area contributed by atoms with E-state index in [1.165, 1.54) is 43.1 Å². The van der Waals surface area contributed by atoms with Crippen LogP contribution in [0.5, 0.6) is 5.88 Å². The molecule has 0 aromatic carbocycles. The molecule has 1 aliphatic heterocycles. The lowest BCUT2D eigenvalue weighted by atomic mass is 9.99. The molecule has 0 bridgehead atoms. The van der Waals surface area contributed by atoms with Gasteiger partial charge in [0.2, 0.25) is 5.88 Å². The maximum Gasteiger partial charge on any atom is 0.250 e. The molecular weight excluding hydrogens is 307 g/mol. The van der Waals surface area contributed by atoms with Gasteiger partial charge in [-0.3, -0.25) is 4.90 Å². The third-order valence-electron chi connectivity index (χ3n) is 5.31. The first-order valence-electron chi connectivity index (χ1n) is 8.70. The molecule has 24 heavy (non-hydrogen) atoms. The summed E-state index contributed by atoms with van der Waals surface area (Å²) in [5.41, 5.74) is 2.43. The van der Waals surface area contributed by atoms with Gasteiger partial charge in [-0.25, -0.2) is 14.4 Å². The largest absolute Gasteiger partial charge is 0.474 e. The second-order valence-electron chi connectivity index (χ2n) is 6.82. The van der Waals surface area contributed by atoms with Gasteiger partial charge in [0.25, 0.3) is 0 Å². The summed E-state index contributed by atoms with van der Waals surface area (Å²) in [5, 5.41) is 0. The Balaban J connectivity index is 1.53. The van der Waals surface area contributed by atoms with Crippen molar-refractivity contribution < 1.29 is 9.13 Å². The SMILES string of the molecule is Cn1cnc2c1C[C@H](COc1ncccc1F)N(C1CCCC1)C2. The molecule has 5 nitrogen and oxygen atoms in total. The summed E-state index contributed by atoms with van der Waals surface area (Å²) in [6.07, 6.45) is 9.38. The van der Waals surface area contributed by atoms with Crippen LogP contribution in [0.15, 0.2) is 24.7 Å². The quantitative estimate of drug-likeness (QED) is 0.864. The van der Waals surface area contributed by atoms with Gasteiger partial charge in [-0.1, -0.05) is 12.8 Å². The highest BCUT2D eigenvalue weighted by atomic mass is 19.1. The highest BCUT2D eigenvalue weighted by Crippen LogP contribution is 2.31. The van der Waals surface area contributed by atoms with Crippen LogP contribution in [0.25, 0.3) is 0 Å². The van der Waals surface area contributed by atoms with Crippen LogP contribution >= 0.6 is 0 Å². The Morgan fingerprint density at radius 2 is 2.12 bits per heavy atom. The fraction of sp³-hybridized carbons (Fsp3) is 0.556. The average molecular weight is 330 g/mol. The van der Waals surface area contributed by atoms with Crippen molar-refractivity contribution in [3.8, 4) is 5.88 Å². The number of rotatable bonds is 4. The van der Waals surface area contributed by atoms with Crippen LogP contribution in [0.2, 0.25) is 0 Å². The van der Waals surface area contributed by atoms with E-state index in [1.807, 2.05) is 13.4 Å². The lowest BCUT2D eigenvalue weighted by molar-refractivity contribution is 0.0702. The molecule has 2 aromatic rings. The van der Waals surface area contributed by atoms with Crippen molar-refractivity contribution in [2.45, 2.75) is 50.7 Å². The van der Waals surface area contributed by atoms with Crippen LogP contribution in [0, 0.1) is 5.82 Å². The van der Waals surface area contributed by atoms with Crippen LogP contribution in [0.1, 0.15) is 37.1 Å². The molecule has 3 heterocycles. The number of fused-ring (bicyclic) bond motifs is 1. The molecule has 6 heteroatoms. The van der Waals surface area contributed by atoms with Gasteiger partial charge in [-0.2, -0.15) is 0 Å². The number of imidazole rings is 1. The number of aromatic nitrogens is 3. The molecule has 2 aliphatic rings. The third-order valence-corrected chi connectivity index (χ3v) is 5.31. The van der Waals surface area contributed by atoms with Gasteiger partial charge in [-0.15, -0.1) is 0 Å². The molecule has 4 rings (SSSR count). The second kappa shape index (κ2) is 6.51. The van der Waals surface area contributed by atoms with Crippen LogP contribution < -0.4 is 4.74 Å². The Kier molecular flexibility index (Phi) is 4.22. The first-order chi connectivity index (χ1) is 11.7. The van der Waals surface area contributed by atoms with Crippen LogP contribution in [-0.2, 0) is 20.0 Å². The summed E-state index contributed by atoms with van der Waals surface area (Å²) in [4.78, 5) is 11.1. The Morgan fingerprint density at radius 3 is 2.92 bits per heavy atom. The molecule has 0 unspecified atom stereocenters. The van der Waals surface area contributed by atoms with E-state index in [4.69, 9.17) is 4.74 Å². The number of hydrogen-bond acceptors (Lipinski definition) is 4. The van der Waals surface area contributed by atoms with Crippen molar-refractivity contribution >= 4 is 0 Å². The van der Waals surface area contributed by atoms with Crippen molar-refractivity contribution in [3.63, 3.8) is 0 Å². The van der Waals surface area contributed by atoms with Gasteiger partial charge >= 0.3 is 0 Å². The molecular formula is C18H23FN4O. The first-order valence-corrected chi connectivity index (χ1v) is 8.70. The number of pyridine rings is 1. The highest BCUT2D eigenvalue weighted by Gasteiger charge is 2.35.